The lowest BCUT2D eigenvalue weighted by Gasteiger charge is -2.26. The van der Waals surface area contributed by atoms with Gasteiger partial charge >= 0.3 is 12.1 Å². The Hall–Kier alpha value is -3.48. The monoisotopic (exact) mass is 744 g/mol. The van der Waals surface area contributed by atoms with Crippen molar-refractivity contribution in [3.8, 4) is 11.5 Å². The van der Waals surface area contributed by atoms with Crippen molar-refractivity contribution in [2.75, 3.05) is 13.2 Å². The molecule has 1 aliphatic rings. The Kier molecular flexibility index (Phi) is 10.6. The zero-order chi connectivity index (χ0) is 34.0. The van der Waals surface area contributed by atoms with Crippen LogP contribution in [0.5, 0.6) is 11.5 Å². The molecule has 1 atom stereocenters. The highest BCUT2D eigenvalue weighted by Gasteiger charge is 2.45. The standard InChI is InChI=1S/C32H23Cl4F3N2O5S/c1-3-44-23-13-17(12-22(36)27(23)46-15-16-5-10-20(34)21(35)11-16)14-24-29(42)41-26(18-6-8-19(33)9-7-18)25(30(43)45-4-2)28(32(37,38)39)40-31(41)47-24/h5-14,26H,3-4,15H2,1-2H3/b24-14-/t26-/m0/s1. The Labute approximate surface area is 290 Å². The van der Waals surface area contributed by atoms with Crippen LogP contribution in [0.25, 0.3) is 6.08 Å². The van der Waals surface area contributed by atoms with Gasteiger partial charge in [-0.3, -0.25) is 9.36 Å². The number of alkyl halides is 3. The molecule has 47 heavy (non-hydrogen) atoms. The first-order valence-corrected chi connectivity index (χ1v) is 16.2. The van der Waals surface area contributed by atoms with Crippen LogP contribution in [0.3, 0.4) is 0 Å². The molecule has 0 unspecified atom stereocenters. The molecule has 0 bridgehead atoms. The van der Waals surface area contributed by atoms with E-state index >= 15 is 0 Å². The van der Waals surface area contributed by atoms with Crippen LogP contribution in [0.15, 0.2) is 75.7 Å². The number of thiazole rings is 1. The van der Waals surface area contributed by atoms with Crippen LogP contribution in [-0.4, -0.2) is 29.9 Å². The fourth-order valence-corrected chi connectivity index (χ4v) is 6.53. The Morgan fingerprint density at radius 1 is 0.957 bits per heavy atom. The average Bonchev–Trinajstić information content (AvgIpc) is 3.32. The van der Waals surface area contributed by atoms with Crippen molar-refractivity contribution in [3.63, 3.8) is 0 Å². The molecule has 5 rings (SSSR count). The molecular formula is C32H23Cl4F3N2O5S. The zero-order valence-electron chi connectivity index (χ0n) is 24.5. The summed E-state index contributed by atoms with van der Waals surface area (Å²) >= 11 is 25.5. The summed E-state index contributed by atoms with van der Waals surface area (Å²) in [7, 11) is 0. The van der Waals surface area contributed by atoms with Gasteiger partial charge in [0, 0.05) is 5.02 Å². The smallest absolute Gasteiger partial charge is 0.434 e. The lowest BCUT2D eigenvalue weighted by Crippen LogP contribution is -2.41. The van der Waals surface area contributed by atoms with E-state index in [1.54, 1.807) is 31.2 Å². The van der Waals surface area contributed by atoms with Crippen LogP contribution < -0.4 is 24.4 Å². The lowest BCUT2D eigenvalue weighted by atomic mass is 9.95. The zero-order valence-corrected chi connectivity index (χ0v) is 28.3. The summed E-state index contributed by atoms with van der Waals surface area (Å²) in [5.41, 5.74) is -1.63. The number of ether oxygens (including phenoxy) is 3. The first-order valence-electron chi connectivity index (χ1n) is 13.9. The Morgan fingerprint density at radius 3 is 2.32 bits per heavy atom. The number of nitrogens with zero attached hydrogens (tertiary/aromatic N) is 2. The van der Waals surface area contributed by atoms with Crippen molar-refractivity contribution in [3.05, 3.63) is 122 Å². The van der Waals surface area contributed by atoms with Gasteiger partial charge in [-0.1, -0.05) is 75.9 Å². The minimum absolute atomic E-state index is 0.0253. The predicted octanol–water partition coefficient (Wildman–Crippen LogP) is 7.93. The molecule has 7 nitrogen and oxygen atoms in total. The quantitative estimate of drug-likeness (QED) is 0.163. The molecular weight excluding hydrogens is 723 g/mol. The van der Waals surface area contributed by atoms with E-state index in [2.05, 4.69) is 4.99 Å². The predicted molar refractivity (Wildman–Crippen MR) is 176 cm³/mol. The van der Waals surface area contributed by atoms with E-state index in [0.29, 0.717) is 20.6 Å². The molecule has 0 saturated carbocycles. The molecule has 1 aromatic heterocycles. The number of aromatic nitrogens is 1. The second-order valence-corrected chi connectivity index (χ2v) is 12.6. The fraction of sp³-hybridized carbons (Fsp3) is 0.219. The number of halogens is 7. The summed E-state index contributed by atoms with van der Waals surface area (Å²) in [6.45, 7) is 3.37. The van der Waals surface area contributed by atoms with Crippen LogP contribution >= 0.6 is 57.7 Å². The number of allylic oxidation sites excluding steroid dienone is 1. The summed E-state index contributed by atoms with van der Waals surface area (Å²) < 4.78 is 60.9. The molecule has 0 aliphatic carbocycles. The number of rotatable bonds is 9. The van der Waals surface area contributed by atoms with Crippen molar-refractivity contribution in [1.82, 2.24) is 4.57 Å². The number of carbonyl (C=O) groups excluding carboxylic acids is 1. The molecule has 15 heteroatoms. The van der Waals surface area contributed by atoms with Gasteiger partial charge < -0.3 is 14.2 Å². The Bertz CT molecular complexity index is 2060. The van der Waals surface area contributed by atoms with Crippen molar-refractivity contribution >= 4 is 69.8 Å². The van der Waals surface area contributed by atoms with E-state index in [0.717, 1.165) is 21.5 Å². The fourth-order valence-electron chi connectivity index (χ4n) is 4.81. The van der Waals surface area contributed by atoms with Gasteiger partial charge in [-0.25, -0.2) is 9.79 Å². The number of fused-ring (bicyclic) bond motifs is 1. The topological polar surface area (TPSA) is 79.1 Å². The van der Waals surface area contributed by atoms with Crippen LogP contribution in [-0.2, 0) is 16.1 Å². The largest absolute Gasteiger partial charge is 0.490 e. The molecule has 0 saturated heterocycles. The molecule has 0 spiro atoms. The van der Waals surface area contributed by atoms with Gasteiger partial charge in [0.1, 0.15) is 6.61 Å². The summed E-state index contributed by atoms with van der Waals surface area (Å²) in [5, 5.41) is 1.21. The van der Waals surface area contributed by atoms with Crippen LogP contribution in [0.4, 0.5) is 13.2 Å². The van der Waals surface area contributed by atoms with E-state index in [4.69, 9.17) is 60.6 Å². The molecule has 4 aromatic rings. The van der Waals surface area contributed by atoms with E-state index < -0.39 is 35.0 Å². The SMILES string of the molecule is CCOC(=O)C1=C(C(F)(F)F)N=c2s/c(=C\c3cc(Cl)c(OCc4ccc(Cl)c(Cl)c4)c(OCC)c3)c(=O)n2[C@H]1c1ccc(Cl)cc1. The second-order valence-electron chi connectivity index (χ2n) is 9.91. The average molecular weight is 746 g/mol. The molecule has 2 heterocycles. The maximum absolute atomic E-state index is 14.4. The maximum Gasteiger partial charge on any atom is 0.434 e. The van der Waals surface area contributed by atoms with Crippen LogP contribution in [0.2, 0.25) is 20.1 Å². The maximum atomic E-state index is 14.4. The molecule has 0 amide bonds. The number of esters is 1. The molecule has 0 N–H and O–H groups in total. The van der Waals surface area contributed by atoms with Crippen molar-refractivity contribution < 1.29 is 32.2 Å². The van der Waals surface area contributed by atoms with E-state index in [9.17, 15) is 22.8 Å². The normalized spacial score (nSPS) is 14.9. The second kappa shape index (κ2) is 14.3. The van der Waals surface area contributed by atoms with Crippen molar-refractivity contribution in [2.45, 2.75) is 32.7 Å². The number of carbonyl (C=O) groups is 1. The minimum atomic E-state index is -5.03. The van der Waals surface area contributed by atoms with Crippen LogP contribution in [0, 0.1) is 0 Å². The lowest BCUT2D eigenvalue weighted by molar-refractivity contribution is -0.140. The highest BCUT2D eigenvalue weighted by molar-refractivity contribution is 7.07. The van der Waals surface area contributed by atoms with Gasteiger partial charge in [-0.05, 0) is 73.0 Å². The molecule has 0 fully saturated rings. The van der Waals surface area contributed by atoms with E-state index in [1.165, 1.54) is 43.3 Å². The van der Waals surface area contributed by atoms with E-state index in [-0.39, 0.29) is 51.2 Å². The minimum Gasteiger partial charge on any atom is -0.490 e. The van der Waals surface area contributed by atoms with Gasteiger partial charge in [0.05, 0.1) is 44.4 Å². The van der Waals surface area contributed by atoms with Gasteiger partial charge in [0.25, 0.3) is 5.56 Å². The summed E-state index contributed by atoms with van der Waals surface area (Å²) in [5.74, 6) is -0.751. The highest BCUT2D eigenvalue weighted by Crippen LogP contribution is 2.40. The van der Waals surface area contributed by atoms with Gasteiger partial charge in [-0.2, -0.15) is 13.2 Å². The summed E-state index contributed by atoms with van der Waals surface area (Å²) in [6, 6.07) is 12.4. The first-order chi connectivity index (χ1) is 22.3. The molecule has 3 aromatic carbocycles. The van der Waals surface area contributed by atoms with Gasteiger partial charge in [-0.15, -0.1) is 0 Å². The first kappa shape index (κ1) is 34.8. The van der Waals surface area contributed by atoms with E-state index in [1.807, 2.05) is 0 Å². The summed E-state index contributed by atoms with van der Waals surface area (Å²) in [4.78, 5) is 30.4. The third-order valence-corrected chi connectivity index (χ3v) is 9.03. The Morgan fingerprint density at radius 2 is 1.68 bits per heavy atom. The molecule has 0 radical (unpaired) electrons. The number of hydrogen-bond donors (Lipinski definition) is 0. The van der Waals surface area contributed by atoms with Crippen LogP contribution in [0.1, 0.15) is 36.6 Å². The molecule has 1 aliphatic heterocycles. The third-order valence-electron chi connectivity index (χ3n) is 6.78. The highest BCUT2D eigenvalue weighted by atomic mass is 35.5. The number of benzene rings is 3. The Balaban J connectivity index is 1.64. The van der Waals surface area contributed by atoms with Gasteiger partial charge in [0.2, 0.25) is 0 Å². The van der Waals surface area contributed by atoms with Crippen molar-refractivity contribution in [1.29, 1.82) is 0 Å². The molecule has 246 valence electrons. The van der Waals surface area contributed by atoms with Gasteiger partial charge in [0.15, 0.2) is 22.0 Å². The summed E-state index contributed by atoms with van der Waals surface area (Å²) in [6.07, 6.45) is -3.59. The number of hydrogen-bond acceptors (Lipinski definition) is 7. The van der Waals surface area contributed by atoms with Crippen molar-refractivity contribution in [2.24, 2.45) is 4.99 Å². The third kappa shape index (κ3) is 7.49.